The zero-order chi connectivity index (χ0) is 48.6. The van der Waals surface area contributed by atoms with E-state index in [-0.39, 0.29) is 31.1 Å². The van der Waals surface area contributed by atoms with Gasteiger partial charge in [0.1, 0.15) is 13.2 Å². The SMILES string of the molecule is CC/C=C\C/C=C\C/C=C\C/C=C\CCCCCCCCC(=O)OCC(COC(=O)CCCCCCC/C=C\CCCC)OC(=O)CCCCCCCCCCC/C=C\C/C=C\C/C=C\CC. The molecule has 0 fully saturated rings. The van der Waals surface area contributed by atoms with E-state index in [0.29, 0.717) is 19.3 Å². The Labute approximate surface area is 413 Å². The van der Waals surface area contributed by atoms with Gasteiger partial charge in [-0.3, -0.25) is 14.4 Å². The molecule has 67 heavy (non-hydrogen) atoms. The molecular weight excluding hydrogens is 829 g/mol. The summed E-state index contributed by atoms with van der Waals surface area (Å²) < 4.78 is 16.8. The first-order valence-corrected chi connectivity index (χ1v) is 27.7. The number of unbranched alkanes of at least 4 members (excludes halogenated alkanes) is 22. The molecule has 0 aliphatic carbocycles. The molecule has 0 aromatic carbocycles. The number of hydrogen-bond acceptors (Lipinski definition) is 6. The first-order chi connectivity index (χ1) is 33.0. The molecule has 6 heteroatoms. The first kappa shape index (κ1) is 63.3. The fourth-order valence-corrected chi connectivity index (χ4v) is 7.43. The van der Waals surface area contributed by atoms with E-state index < -0.39 is 6.10 Å². The molecule has 0 aliphatic rings. The van der Waals surface area contributed by atoms with Crippen molar-refractivity contribution in [1.29, 1.82) is 0 Å². The summed E-state index contributed by atoms with van der Waals surface area (Å²) in [6.45, 7) is 6.36. The molecule has 0 saturated carbocycles. The van der Waals surface area contributed by atoms with Gasteiger partial charge in [0.05, 0.1) is 0 Å². The molecule has 0 aromatic rings. The van der Waals surface area contributed by atoms with Gasteiger partial charge < -0.3 is 14.2 Å². The predicted molar refractivity (Wildman–Crippen MR) is 288 cm³/mol. The summed E-state index contributed by atoms with van der Waals surface area (Å²) in [4.78, 5) is 38.1. The third-order valence-corrected chi connectivity index (χ3v) is 11.6. The zero-order valence-electron chi connectivity index (χ0n) is 43.6. The summed E-state index contributed by atoms with van der Waals surface area (Å²) in [5, 5.41) is 0. The normalized spacial score (nSPS) is 12.8. The van der Waals surface area contributed by atoms with Crippen molar-refractivity contribution in [3.8, 4) is 0 Å². The Morgan fingerprint density at radius 2 is 0.582 bits per heavy atom. The van der Waals surface area contributed by atoms with Gasteiger partial charge >= 0.3 is 17.9 Å². The number of carbonyl (C=O) groups excluding carboxylic acids is 3. The van der Waals surface area contributed by atoms with Crippen LogP contribution >= 0.6 is 0 Å². The van der Waals surface area contributed by atoms with Crippen LogP contribution in [0.2, 0.25) is 0 Å². The molecular formula is C61H102O6. The Hall–Kier alpha value is -3.67. The van der Waals surface area contributed by atoms with E-state index >= 15 is 0 Å². The summed E-state index contributed by atoms with van der Waals surface area (Å²) in [6.07, 6.45) is 72.5. The average Bonchev–Trinajstić information content (AvgIpc) is 3.33. The van der Waals surface area contributed by atoms with E-state index in [1.54, 1.807) is 0 Å². The summed E-state index contributed by atoms with van der Waals surface area (Å²) in [7, 11) is 0. The van der Waals surface area contributed by atoms with Gasteiger partial charge in [0, 0.05) is 19.3 Å². The van der Waals surface area contributed by atoms with Crippen LogP contribution in [0.4, 0.5) is 0 Å². The van der Waals surface area contributed by atoms with E-state index in [0.717, 1.165) is 122 Å². The summed E-state index contributed by atoms with van der Waals surface area (Å²) in [6, 6.07) is 0. The summed E-state index contributed by atoms with van der Waals surface area (Å²) >= 11 is 0. The highest BCUT2D eigenvalue weighted by Gasteiger charge is 2.19. The van der Waals surface area contributed by atoms with Crippen LogP contribution in [0.3, 0.4) is 0 Å². The molecule has 0 heterocycles. The Balaban J connectivity index is 4.39. The third kappa shape index (κ3) is 53.2. The fraction of sp³-hybridized carbons (Fsp3) is 0.689. The molecule has 0 aromatic heterocycles. The largest absolute Gasteiger partial charge is 0.462 e. The summed E-state index contributed by atoms with van der Waals surface area (Å²) in [5.41, 5.74) is 0. The minimum atomic E-state index is -0.790. The lowest BCUT2D eigenvalue weighted by Gasteiger charge is -2.18. The van der Waals surface area contributed by atoms with Gasteiger partial charge in [-0.05, 0) is 109 Å². The highest BCUT2D eigenvalue weighted by Crippen LogP contribution is 2.15. The zero-order valence-corrected chi connectivity index (χ0v) is 43.6. The number of esters is 3. The predicted octanol–water partition coefficient (Wildman–Crippen LogP) is 18.5. The van der Waals surface area contributed by atoms with Gasteiger partial charge in [0.25, 0.3) is 0 Å². The number of hydrogen-bond donors (Lipinski definition) is 0. The minimum absolute atomic E-state index is 0.0893. The van der Waals surface area contributed by atoms with Crippen molar-refractivity contribution in [2.45, 2.75) is 258 Å². The lowest BCUT2D eigenvalue weighted by atomic mass is 10.1. The molecule has 0 N–H and O–H groups in total. The van der Waals surface area contributed by atoms with Crippen LogP contribution in [0.1, 0.15) is 252 Å². The van der Waals surface area contributed by atoms with Crippen LogP contribution in [0, 0.1) is 0 Å². The average molecular weight is 931 g/mol. The molecule has 0 aliphatic heterocycles. The first-order valence-electron chi connectivity index (χ1n) is 27.7. The lowest BCUT2D eigenvalue weighted by molar-refractivity contribution is -0.167. The van der Waals surface area contributed by atoms with Crippen LogP contribution in [0.25, 0.3) is 0 Å². The number of ether oxygens (including phenoxy) is 3. The molecule has 1 unspecified atom stereocenters. The van der Waals surface area contributed by atoms with Crippen molar-refractivity contribution in [3.63, 3.8) is 0 Å². The number of carbonyl (C=O) groups is 3. The van der Waals surface area contributed by atoms with Crippen LogP contribution in [0.5, 0.6) is 0 Å². The second-order valence-corrected chi connectivity index (χ2v) is 18.1. The lowest BCUT2D eigenvalue weighted by Crippen LogP contribution is -2.30. The van der Waals surface area contributed by atoms with E-state index in [4.69, 9.17) is 14.2 Å². The second kappa shape index (κ2) is 54.9. The maximum Gasteiger partial charge on any atom is 0.306 e. The summed E-state index contributed by atoms with van der Waals surface area (Å²) in [5.74, 6) is -0.917. The Morgan fingerprint density at radius 1 is 0.313 bits per heavy atom. The quantitative estimate of drug-likeness (QED) is 0.0262. The van der Waals surface area contributed by atoms with E-state index in [2.05, 4.69) is 118 Å². The monoisotopic (exact) mass is 931 g/mol. The number of allylic oxidation sites excluding steroid dienone is 16. The van der Waals surface area contributed by atoms with Gasteiger partial charge in [-0.2, -0.15) is 0 Å². The maximum absolute atomic E-state index is 12.8. The van der Waals surface area contributed by atoms with Crippen molar-refractivity contribution in [1.82, 2.24) is 0 Å². The van der Waals surface area contributed by atoms with E-state index in [9.17, 15) is 14.4 Å². The smallest absolute Gasteiger partial charge is 0.306 e. The highest BCUT2D eigenvalue weighted by atomic mass is 16.6. The van der Waals surface area contributed by atoms with Crippen molar-refractivity contribution in [3.05, 3.63) is 97.2 Å². The molecule has 0 spiro atoms. The molecule has 0 radical (unpaired) electrons. The minimum Gasteiger partial charge on any atom is -0.462 e. The van der Waals surface area contributed by atoms with Gasteiger partial charge in [-0.15, -0.1) is 0 Å². The van der Waals surface area contributed by atoms with Gasteiger partial charge in [0.2, 0.25) is 0 Å². The molecule has 382 valence electrons. The van der Waals surface area contributed by atoms with E-state index in [1.165, 1.54) is 89.9 Å². The molecule has 0 bridgehead atoms. The van der Waals surface area contributed by atoms with Crippen LogP contribution < -0.4 is 0 Å². The van der Waals surface area contributed by atoms with Gasteiger partial charge in [-0.1, -0.05) is 221 Å². The molecule has 6 nitrogen and oxygen atoms in total. The topological polar surface area (TPSA) is 78.9 Å². The van der Waals surface area contributed by atoms with Crippen molar-refractivity contribution < 1.29 is 28.6 Å². The van der Waals surface area contributed by atoms with Crippen molar-refractivity contribution >= 4 is 17.9 Å². The van der Waals surface area contributed by atoms with Gasteiger partial charge in [0.15, 0.2) is 6.10 Å². The number of rotatable bonds is 49. The highest BCUT2D eigenvalue weighted by molar-refractivity contribution is 5.71. The Bertz CT molecular complexity index is 1350. The second-order valence-electron chi connectivity index (χ2n) is 18.1. The van der Waals surface area contributed by atoms with E-state index in [1.807, 2.05) is 0 Å². The molecule has 0 rings (SSSR count). The van der Waals surface area contributed by atoms with Crippen LogP contribution in [0.15, 0.2) is 97.2 Å². The maximum atomic E-state index is 12.8. The standard InChI is InChI=1S/C61H102O6/c1-4-7-10-13-16-19-22-24-26-28-30-32-34-36-39-42-45-48-51-54-60(63)66-57-58(56-65-59(62)53-50-47-44-41-38-21-18-15-12-9-6-3)67-61(64)55-52-49-46-43-40-37-35-33-31-29-27-25-23-20-17-14-11-8-5-2/h7-8,10-11,15-20,24-27,30,32,58H,4-6,9,12-14,21-23,28-29,31,33-57H2,1-3H3/b10-7-,11-8-,18-15-,19-16-,20-17-,26-24-,27-25-,32-30-. The van der Waals surface area contributed by atoms with Crippen LogP contribution in [-0.2, 0) is 28.6 Å². The van der Waals surface area contributed by atoms with Crippen LogP contribution in [-0.4, -0.2) is 37.2 Å². The fourth-order valence-electron chi connectivity index (χ4n) is 7.43. The molecule has 0 amide bonds. The Morgan fingerprint density at radius 3 is 0.925 bits per heavy atom. The molecule has 1 atom stereocenters. The molecule has 0 saturated heterocycles. The van der Waals surface area contributed by atoms with Crippen molar-refractivity contribution in [2.24, 2.45) is 0 Å². The third-order valence-electron chi connectivity index (χ3n) is 11.6. The Kier molecular flexibility index (Phi) is 51.9. The van der Waals surface area contributed by atoms with Gasteiger partial charge in [-0.25, -0.2) is 0 Å². The van der Waals surface area contributed by atoms with Crippen molar-refractivity contribution in [2.75, 3.05) is 13.2 Å².